The third-order valence-electron chi connectivity index (χ3n) is 33.1. The van der Waals surface area contributed by atoms with Gasteiger partial charge in [0.2, 0.25) is 0 Å². The van der Waals surface area contributed by atoms with Crippen LogP contribution in [0, 0.1) is 17.8 Å². The lowest BCUT2D eigenvalue weighted by molar-refractivity contribution is 0.453. The van der Waals surface area contributed by atoms with E-state index in [9.17, 15) is 0 Å². The molecule has 3 aromatic heterocycles. The van der Waals surface area contributed by atoms with Crippen molar-refractivity contribution in [1.29, 1.82) is 0 Å². The summed E-state index contributed by atoms with van der Waals surface area (Å²) in [6.45, 7) is 0. The summed E-state index contributed by atoms with van der Waals surface area (Å²) in [5.41, 5.74) is 45.4. The Hall–Kier alpha value is -16.6. The fraction of sp³-hybridized carbons (Fsp3) is 0.107. The van der Waals surface area contributed by atoms with E-state index in [1.165, 1.54) is 150 Å². The van der Waals surface area contributed by atoms with Gasteiger partial charge in [-0.15, -0.1) is 0 Å². The van der Waals surface area contributed by atoms with Crippen LogP contribution in [-0.4, -0.2) is 38.8 Å². The number of hydrogen-bond acceptors (Lipinski definition) is 6. The quantitative estimate of drug-likeness (QED) is 0.145. The van der Waals surface area contributed by atoms with Gasteiger partial charge in [-0.3, -0.25) is 15.0 Å². The second-order valence-electron chi connectivity index (χ2n) is 39.7. The lowest BCUT2D eigenvalue weighted by atomic mass is 9.63. The van der Waals surface area contributed by atoms with E-state index in [1.807, 2.05) is 0 Å². The second kappa shape index (κ2) is 29.0. The maximum atomic E-state index is 6.99. The summed E-state index contributed by atoms with van der Waals surface area (Å²) in [4.78, 5) is 20.8. The summed E-state index contributed by atoms with van der Waals surface area (Å²) in [7, 11) is 0. The molecule has 0 saturated carbocycles. The fourth-order valence-electron chi connectivity index (χ4n) is 27.6. The number of rotatable bonds is 9. The van der Waals surface area contributed by atoms with Gasteiger partial charge in [-0.25, -0.2) is 0 Å². The third-order valence-corrected chi connectivity index (χ3v) is 33.1. The Morgan fingerprint density at radius 1 is 0.348 bits per heavy atom. The highest BCUT2D eigenvalue weighted by Gasteiger charge is 2.59. The van der Waals surface area contributed by atoms with Crippen molar-refractivity contribution in [3.63, 3.8) is 0 Å². The third kappa shape index (κ3) is 10.5. The molecule has 31 rings (SSSR count). The van der Waals surface area contributed by atoms with Crippen LogP contribution in [0.15, 0.2) is 471 Å². The number of furan rings is 2. The SMILES string of the molecule is C1=CC(N2C(c3ccc(C4=CC(n5c6ccccc6c6ccccc65)CC(C5=Nc6ccccc6C6C=CC7=C(c8ccccc8C78c7ccccc7-c7ccccc78)C56)C4)cc3)=NC3C=CC(c4ccc5c(c4)C4C=CC6=C(c7ccccc7C67c6ccccc6-c6ccccc67)C4C(c4cc(-c6cccc7c6oc6ccccc67)cc(-c6cccc7c6oc6ccccc67)c4)=N5)=CC32)=CCC1. The molecular formula is C131H87N5O2. The van der Waals surface area contributed by atoms with Crippen molar-refractivity contribution < 1.29 is 8.83 Å². The van der Waals surface area contributed by atoms with Crippen LogP contribution < -0.4 is 0 Å². The minimum Gasteiger partial charge on any atom is -0.455 e. The molecule has 138 heavy (non-hydrogen) atoms. The predicted molar refractivity (Wildman–Crippen MR) is 564 cm³/mol. The van der Waals surface area contributed by atoms with Gasteiger partial charge in [-0.2, -0.15) is 0 Å². The molecule has 0 amide bonds. The van der Waals surface area contributed by atoms with Gasteiger partial charge in [-0.05, 0) is 232 Å². The van der Waals surface area contributed by atoms with Crippen LogP contribution in [0.5, 0.6) is 0 Å². The highest BCUT2D eigenvalue weighted by atomic mass is 16.3. The van der Waals surface area contributed by atoms with Crippen LogP contribution in [0.4, 0.5) is 11.4 Å². The first kappa shape index (κ1) is 76.8. The zero-order valence-corrected chi connectivity index (χ0v) is 75.5. The minimum absolute atomic E-state index is 0.00348. The Kier molecular flexibility index (Phi) is 16.1. The van der Waals surface area contributed by atoms with Gasteiger partial charge in [0, 0.05) is 101 Å². The second-order valence-corrected chi connectivity index (χ2v) is 39.7. The van der Waals surface area contributed by atoms with E-state index in [1.54, 1.807) is 0 Å². The molecule has 9 aliphatic carbocycles. The monoisotopic (exact) mass is 1760 g/mol. The number of aromatic nitrogens is 1. The number of benzene rings is 16. The summed E-state index contributed by atoms with van der Waals surface area (Å²) in [6, 6.07) is 136. The van der Waals surface area contributed by atoms with Gasteiger partial charge in [0.15, 0.2) is 0 Å². The van der Waals surface area contributed by atoms with Crippen LogP contribution in [0.25, 0.3) is 132 Å². The lowest BCUT2D eigenvalue weighted by Gasteiger charge is -2.42. The van der Waals surface area contributed by atoms with Crippen LogP contribution in [0.2, 0.25) is 0 Å². The molecule has 6 heterocycles. The number of nitrogens with zero attached hydrogens (tertiary/aromatic N) is 5. The Bertz CT molecular complexity index is 8840. The first-order valence-corrected chi connectivity index (χ1v) is 49.2. The largest absolute Gasteiger partial charge is 0.455 e. The fourth-order valence-corrected chi connectivity index (χ4v) is 27.6. The van der Waals surface area contributed by atoms with E-state index in [4.69, 9.17) is 23.8 Å². The molecule has 0 N–H and O–H groups in total. The van der Waals surface area contributed by atoms with E-state index < -0.39 is 10.8 Å². The molecule has 8 unspecified atom stereocenters. The average Bonchev–Trinajstić information content (AvgIpc) is 1.50. The maximum Gasteiger partial charge on any atom is 0.143 e. The molecule has 0 bridgehead atoms. The molecule has 7 nitrogen and oxygen atoms in total. The summed E-state index contributed by atoms with van der Waals surface area (Å²) in [5.74, 6) is 0.772. The highest BCUT2D eigenvalue weighted by Crippen LogP contribution is 2.69. The predicted octanol–water partition coefficient (Wildman–Crippen LogP) is 31.7. The van der Waals surface area contributed by atoms with Crippen LogP contribution in [0.3, 0.4) is 0 Å². The maximum absolute atomic E-state index is 6.99. The number of allylic oxidation sites excluding steroid dienone is 15. The number of hydrogen-bond donors (Lipinski definition) is 0. The van der Waals surface area contributed by atoms with E-state index in [0.717, 1.165) is 131 Å². The minimum atomic E-state index is -0.578. The van der Waals surface area contributed by atoms with Crippen molar-refractivity contribution in [3.05, 3.63) is 526 Å². The molecule has 3 aliphatic heterocycles. The van der Waals surface area contributed by atoms with Crippen LogP contribution >= 0.6 is 0 Å². The number of amidine groups is 1. The molecule has 648 valence electrons. The molecular weight excluding hydrogens is 1680 g/mol. The standard InChI is InChI=1S/C131H87N5O2/c1-2-28-85(29-3-1)136-118-75-79(61-67-115(118)134-129(136)77-58-56-76(57-59-77)80-68-84(73-86(72-80)135-116-52-22-11-35-94(116)95-36-12-23-53-117(95)135)126-123-98(93-34-10-21-51-113(93)132-126)62-64-111-121(123)102-39-8-19-49-109(102)130(111)105-45-15-4-30-89(105)90-31-5-16-46-106(90)130)78-60-66-114-104(74-78)99-63-65-112-122(103-40-9-20-50-110(103)131(112)107-47-17-6-32-91(107)92-33-7-18-48-108(92)131)124(99)125(133-114)83-70-81(87-41-26-43-100-96-37-13-24-54-119(96)137-127(87)100)69-82(71-83)88-42-27-44-101-97-38-14-25-55-120(97)138-128(88)101/h2,4-67,69-72,74-75,84,86,98-99,115,118,123-124H,1,3,68,73H2. The summed E-state index contributed by atoms with van der Waals surface area (Å²) in [5, 5.41) is 6.91. The normalized spacial score (nSPS) is 21.3. The van der Waals surface area contributed by atoms with Crippen molar-refractivity contribution >= 4 is 117 Å². The molecule has 2 spiro atoms. The van der Waals surface area contributed by atoms with Gasteiger partial charge in [0.1, 0.15) is 28.2 Å². The van der Waals surface area contributed by atoms with Gasteiger partial charge in [0.05, 0.1) is 46.0 Å². The molecule has 0 saturated heterocycles. The average molecular weight is 1760 g/mol. The van der Waals surface area contributed by atoms with Crippen LogP contribution in [-0.2, 0) is 10.8 Å². The smallest absolute Gasteiger partial charge is 0.143 e. The van der Waals surface area contributed by atoms with E-state index in [-0.39, 0.29) is 47.7 Å². The van der Waals surface area contributed by atoms with E-state index in [0.29, 0.717) is 0 Å². The van der Waals surface area contributed by atoms with Gasteiger partial charge >= 0.3 is 0 Å². The summed E-state index contributed by atoms with van der Waals surface area (Å²) >= 11 is 0. The zero-order chi connectivity index (χ0) is 89.9. The molecule has 12 aliphatic rings. The van der Waals surface area contributed by atoms with Crippen molar-refractivity contribution in [3.8, 4) is 44.5 Å². The highest BCUT2D eigenvalue weighted by molar-refractivity contribution is 6.19. The van der Waals surface area contributed by atoms with Crippen molar-refractivity contribution in [1.82, 2.24) is 9.47 Å². The topological polar surface area (TPSA) is 71.5 Å². The lowest BCUT2D eigenvalue weighted by Crippen LogP contribution is -2.38. The molecule has 19 aromatic rings. The number of para-hydroxylation sites is 7. The molecule has 8 atom stereocenters. The summed E-state index contributed by atoms with van der Waals surface area (Å²) < 4.78 is 16.6. The number of aliphatic imine (C=N–C) groups is 3. The van der Waals surface area contributed by atoms with E-state index in [2.05, 4.69) is 440 Å². The Labute approximate surface area is 798 Å². The molecule has 7 heteroatoms. The first-order chi connectivity index (χ1) is 68.4. The molecule has 16 aromatic carbocycles. The summed E-state index contributed by atoms with van der Waals surface area (Å²) in [6.07, 6.45) is 30.9. The van der Waals surface area contributed by atoms with Gasteiger partial charge < -0.3 is 18.3 Å². The molecule has 0 radical (unpaired) electrons. The zero-order valence-electron chi connectivity index (χ0n) is 75.5. The van der Waals surface area contributed by atoms with Gasteiger partial charge in [0.25, 0.3) is 0 Å². The van der Waals surface area contributed by atoms with Gasteiger partial charge in [-0.1, -0.05) is 364 Å². The van der Waals surface area contributed by atoms with Crippen LogP contribution in [0.1, 0.15) is 121 Å². The molecule has 0 fully saturated rings. The van der Waals surface area contributed by atoms with Crippen molar-refractivity contribution in [2.45, 2.75) is 66.5 Å². The Morgan fingerprint density at radius 3 is 1.41 bits per heavy atom. The van der Waals surface area contributed by atoms with Crippen molar-refractivity contribution in [2.75, 3.05) is 0 Å². The Morgan fingerprint density at radius 2 is 0.826 bits per heavy atom. The van der Waals surface area contributed by atoms with E-state index >= 15 is 0 Å². The first-order valence-electron chi connectivity index (χ1n) is 49.2. The Balaban J connectivity index is 0.535. The van der Waals surface area contributed by atoms with Crippen molar-refractivity contribution in [2.24, 2.45) is 32.7 Å². The number of fused-ring (bicyclic) bond motifs is 36.